The standard InChI is InChI=1S/C13H11F3N4S/c1-2-5-18-11-6-9(10-4-3-8(7-17)21-10)19-12(20-11)13(14,15)16/h3-4,6H,2,5H2,1H3,(H,18,19,20). The van der Waals surface area contributed by atoms with Gasteiger partial charge in [-0.2, -0.15) is 18.4 Å². The molecule has 110 valence electrons. The second-order valence-corrected chi connectivity index (χ2v) is 5.25. The number of halogens is 3. The zero-order valence-electron chi connectivity index (χ0n) is 11.0. The van der Waals surface area contributed by atoms with E-state index in [-0.39, 0.29) is 11.5 Å². The van der Waals surface area contributed by atoms with E-state index in [9.17, 15) is 13.2 Å². The molecule has 0 aromatic carbocycles. The average Bonchev–Trinajstić information content (AvgIpc) is 2.93. The molecule has 0 radical (unpaired) electrons. The molecular formula is C13H11F3N4S. The van der Waals surface area contributed by atoms with Crippen LogP contribution in [0.4, 0.5) is 19.0 Å². The highest BCUT2D eigenvalue weighted by molar-refractivity contribution is 7.15. The molecule has 4 nitrogen and oxygen atoms in total. The summed E-state index contributed by atoms with van der Waals surface area (Å²) >= 11 is 1.09. The molecule has 0 saturated heterocycles. The van der Waals surface area contributed by atoms with Gasteiger partial charge >= 0.3 is 6.18 Å². The summed E-state index contributed by atoms with van der Waals surface area (Å²) in [6, 6.07) is 6.53. The first-order valence-electron chi connectivity index (χ1n) is 6.14. The van der Waals surface area contributed by atoms with Crippen LogP contribution in [0.25, 0.3) is 10.6 Å². The Hall–Kier alpha value is -2.14. The molecule has 1 N–H and O–H groups in total. The van der Waals surface area contributed by atoms with Crippen molar-refractivity contribution in [3.8, 4) is 16.6 Å². The van der Waals surface area contributed by atoms with Gasteiger partial charge in [0.1, 0.15) is 16.8 Å². The first-order chi connectivity index (χ1) is 9.94. The van der Waals surface area contributed by atoms with Crippen molar-refractivity contribution in [1.82, 2.24) is 9.97 Å². The van der Waals surface area contributed by atoms with Gasteiger partial charge in [-0.15, -0.1) is 11.3 Å². The van der Waals surface area contributed by atoms with Crippen molar-refractivity contribution in [3.05, 3.63) is 28.9 Å². The van der Waals surface area contributed by atoms with E-state index >= 15 is 0 Å². The molecule has 0 bridgehead atoms. The third-order valence-electron chi connectivity index (χ3n) is 2.50. The number of anilines is 1. The lowest BCUT2D eigenvalue weighted by atomic mass is 10.3. The fourth-order valence-corrected chi connectivity index (χ4v) is 2.34. The number of hydrogen-bond acceptors (Lipinski definition) is 5. The smallest absolute Gasteiger partial charge is 0.370 e. The first-order valence-corrected chi connectivity index (χ1v) is 6.96. The van der Waals surface area contributed by atoms with Crippen molar-refractivity contribution >= 4 is 17.2 Å². The SMILES string of the molecule is CCCNc1cc(-c2ccc(C#N)s2)nc(C(F)(F)F)n1. The third kappa shape index (κ3) is 3.70. The first kappa shape index (κ1) is 15.3. The van der Waals surface area contributed by atoms with E-state index < -0.39 is 12.0 Å². The van der Waals surface area contributed by atoms with Gasteiger partial charge in [-0.1, -0.05) is 6.92 Å². The molecule has 0 unspecified atom stereocenters. The van der Waals surface area contributed by atoms with Crippen LogP contribution in [0.15, 0.2) is 18.2 Å². The van der Waals surface area contributed by atoms with Crippen molar-refractivity contribution in [3.63, 3.8) is 0 Å². The van der Waals surface area contributed by atoms with Crippen LogP contribution in [0.2, 0.25) is 0 Å². The quantitative estimate of drug-likeness (QED) is 0.929. The maximum Gasteiger partial charge on any atom is 0.451 e. The molecule has 2 heterocycles. The van der Waals surface area contributed by atoms with Crippen LogP contribution in [-0.4, -0.2) is 16.5 Å². The van der Waals surface area contributed by atoms with Gasteiger partial charge in [-0.3, -0.25) is 0 Å². The molecule has 0 saturated carbocycles. The van der Waals surface area contributed by atoms with E-state index in [0.29, 0.717) is 16.3 Å². The van der Waals surface area contributed by atoms with Gasteiger partial charge in [0, 0.05) is 12.6 Å². The summed E-state index contributed by atoms with van der Waals surface area (Å²) in [7, 11) is 0. The summed E-state index contributed by atoms with van der Waals surface area (Å²) in [5.41, 5.74) is 0.155. The lowest BCUT2D eigenvalue weighted by molar-refractivity contribution is -0.144. The molecule has 2 aromatic rings. The van der Waals surface area contributed by atoms with Crippen LogP contribution in [-0.2, 0) is 6.18 Å². The monoisotopic (exact) mass is 312 g/mol. The largest absolute Gasteiger partial charge is 0.451 e. The van der Waals surface area contributed by atoms with Crippen LogP contribution < -0.4 is 5.32 Å². The maximum atomic E-state index is 12.9. The second kappa shape index (κ2) is 6.10. The fourth-order valence-electron chi connectivity index (χ4n) is 1.58. The zero-order valence-corrected chi connectivity index (χ0v) is 11.8. The van der Waals surface area contributed by atoms with Gasteiger partial charge in [-0.05, 0) is 18.6 Å². The minimum Gasteiger partial charge on any atom is -0.370 e. The summed E-state index contributed by atoms with van der Waals surface area (Å²) in [5, 5.41) is 11.6. The Bertz CT molecular complexity index is 673. The molecule has 0 aliphatic carbocycles. The van der Waals surface area contributed by atoms with E-state index in [1.165, 1.54) is 6.07 Å². The Morgan fingerprint density at radius 3 is 2.67 bits per heavy atom. The minimum absolute atomic E-state index is 0.126. The maximum absolute atomic E-state index is 12.9. The van der Waals surface area contributed by atoms with Gasteiger partial charge < -0.3 is 5.32 Å². The van der Waals surface area contributed by atoms with E-state index in [2.05, 4.69) is 15.3 Å². The molecule has 2 aromatic heterocycles. The Morgan fingerprint density at radius 1 is 1.33 bits per heavy atom. The third-order valence-corrected chi connectivity index (χ3v) is 3.52. The molecule has 21 heavy (non-hydrogen) atoms. The Balaban J connectivity index is 2.46. The summed E-state index contributed by atoms with van der Waals surface area (Å²) in [6.07, 6.45) is -3.85. The lowest BCUT2D eigenvalue weighted by Gasteiger charge is -2.10. The van der Waals surface area contributed by atoms with Gasteiger partial charge in [0.15, 0.2) is 0 Å². The minimum atomic E-state index is -4.62. The van der Waals surface area contributed by atoms with Crippen LogP contribution in [0.5, 0.6) is 0 Å². The highest BCUT2D eigenvalue weighted by Crippen LogP contribution is 2.32. The number of thiophene rings is 1. The van der Waals surface area contributed by atoms with Gasteiger partial charge in [-0.25, -0.2) is 9.97 Å². The van der Waals surface area contributed by atoms with Crippen molar-refractivity contribution in [2.24, 2.45) is 0 Å². The van der Waals surface area contributed by atoms with Crippen LogP contribution in [0, 0.1) is 11.3 Å². The molecule has 0 aliphatic rings. The molecule has 0 atom stereocenters. The number of nitrogens with zero attached hydrogens (tertiary/aromatic N) is 3. The highest BCUT2D eigenvalue weighted by atomic mass is 32.1. The van der Waals surface area contributed by atoms with E-state index in [4.69, 9.17) is 5.26 Å². The Labute approximate surface area is 123 Å². The number of aromatic nitrogens is 2. The van der Waals surface area contributed by atoms with Crippen molar-refractivity contribution in [1.29, 1.82) is 5.26 Å². The van der Waals surface area contributed by atoms with Crippen LogP contribution in [0.3, 0.4) is 0 Å². The fraction of sp³-hybridized carbons (Fsp3) is 0.308. The molecule has 0 fully saturated rings. The van der Waals surface area contributed by atoms with Gasteiger partial charge in [0.25, 0.3) is 0 Å². The molecule has 2 rings (SSSR count). The van der Waals surface area contributed by atoms with E-state index in [1.54, 1.807) is 12.1 Å². The normalized spacial score (nSPS) is 11.2. The number of nitriles is 1. The van der Waals surface area contributed by atoms with E-state index in [1.807, 2.05) is 13.0 Å². The molecule has 0 spiro atoms. The second-order valence-electron chi connectivity index (χ2n) is 4.16. The Kier molecular flexibility index (Phi) is 4.43. The summed E-state index contributed by atoms with van der Waals surface area (Å²) < 4.78 is 38.6. The molecular weight excluding hydrogens is 301 g/mol. The van der Waals surface area contributed by atoms with Crippen molar-refractivity contribution < 1.29 is 13.2 Å². The van der Waals surface area contributed by atoms with Gasteiger partial charge in [0.05, 0.1) is 10.6 Å². The summed E-state index contributed by atoms with van der Waals surface area (Å²) in [4.78, 5) is 7.96. The number of rotatable bonds is 4. The molecule has 0 amide bonds. The average molecular weight is 312 g/mol. The number of nitrogens with one attached hydrogen (secondary N) is 1. The number of hydrogen-bond donors (Lipinski definition) is 1. The summed E-state index contributed by atoms with van der Waals surface area (Å²) in [6.45, 7) is 2.42. The van der Waals surface area contributed by atoms with Gasteiger partial charge in [0.2, 0.25) is 5.82 Å². The number of alkyl halides is 3. The van der Waals surface area contributed by atoms with Crippen LogP contribution >= 0.6 is 11.3 Å². The Morgan fingerprint density at radius 2 is 2.10 bits per heavy atom. The summed E-state index contributed by atoms with van der Waals surface area (Å²) in [5.74, 6) is -1.06. The highest BCUT2D eigenvalue weighted by Gasteiger charge is 2.35. The predicted molar refractivity (Wildman–Crippen MR) is 73.8 cm³/mol. The van der Waals surface area contributed by atoms with E-state index in [0.717, 1.165) is 17.8 Å². The van der Waals surface area contributed by atoms with Crippen molar-refractivity contribution in [2.75, 3.05) is 11.9 Å². The van der Waals surface area contributed by atoms with Crippen LogP contribution in [0.1, 0.15) is 24.0 Å². The predicted octanol–water partition coefficient (Wildman–Crippen LogP) is 3.92. The lowest BCUT2D eigenvalue weighted by Crippen LogP contribution is -2.14. The molecule has 8 heteroatoms. The topological polar surface area (TPSA) is 61.6 Å². The van der Waals surface area contributed by atoms with Crippen molar-refractivity contribution in [2.45, 2.75) is 19.5 Å². The molecule has 0 aliphatic heterocycles. The zero-order chi connectivity index (χ0) is 15.5.